The number of nitrogens with zero attached hydrogens (tertiary/aromatic N) is 1. The summed E-state index contributed by atoms with van der Waals surface area (Å²) in [6, 6.07) is 5.44. The van der Waals surface area contributed by atoms with Crippen molar-refractivity contribution in [3.05, 3.63) is 39.9 Å². The number of rotatable bonds is 5. The lowest BCUT2D eigenvalue weighted by Gasteiger charge is -2.14. The highest BCUT2D eigenvalue weighted by Crippen LogP contribution is 2.20. The number of hydrogen-bond donors (Lipinski definition) is 1. The fourth-order valence-corrected chi connectivity index (χ4v) is 1.43. The van der Waals surface area contributed by atoms with Gasteiger partial charge in [-0.25, -0.2) is 0 Å². The van der Waals surface area contributed by atoms with Crippen LogP contribution in [0.2, 0.25) is 0 Å². The Morgan fingerprint density at radius 3 is 2.33 bits per heavy atom. The Morgan fingerprint density at radius 1 is 1.33 bits per heavy atom. The van der Waals surface area contributed by atoms with E-state index in [0.29, 0.717) is 5.56 Å². The molecule has 4 nitrogen and oxygen atoms in total. The fraction of sp³-hybridized carbons (Fsp3) is 0.455. The van der Waals surface area contributed by atoms with E-state index in [1.165, 1.54) is 24.3 Å². The molecule has 7 heteroatoms. The molecule has 1 rings (SSSR count). The highest BCUT2D eigenvalue weighted by atomic mass is 19.4. The van der Waals surface area contributed by atoms with Gasteiger partial charge in [0.15, 0.2) is 0 Å². The van der Waals surface area contributed by atoms with Crippen molar-refractivity contribution in [2.75, 3.05) is 6.54 Å². The zero-order valence-electron chi connectivity index (χ0n) is 9.70. The first-order valence-corrected chi connectivity index (χ1v) is 5.34. The van der Waals surface area contributed by atoms with Gasteiger partial charge in [0.25, 0.3) is 5.69 Å². The van der Waals surface area contributed by atoms with Crippen LogP contribution in [0.15, 0.2) is 24.3 Å². The minimum atomic E-state index is -4.18. The van der Waals surface area contributed by atoms with Crippen LogP contribution in [-0.4, -0.2) is 17.6 Å². The van der Waals surface area contributed by atoms with E-state index in [2.05, 4.69) is 5.32 Å². The van der Waals surface area contributed by atoms with Gasteiger partial charge in [-0.2, -0.15) is 13.2 Å². The van der Waals surface area contributed by atoms with Gasteiger partial charge < -0.3 is 5.32 Å². The molecular formula is C11H13F3N2O2. The Kier molecular flexibility index (Phi) is 4.66. The number of nitro benzene ring substituents is 1. The van der Waals surface area contributed by atoms with Crippen LogP contribution in [0, 0.1) is 10.1 Å². The van der Waals surface area contributed by atoms with Crippen LogP contribution in [-0.2, 0) is 0 Å². The number of hydrogen-bond acceptors (Lipinski definition) is 3. The van der Waals surface area contributed by atoms with Crippen LogP contribution in [0.25, 0.3) is 0 Å². The highest BCUT2D eigenvalue weighted by molar-refractivity contribution is 5.33. The van der Waals surface area contributed by atoms with Gasteiger partial charge in [0.2, 0.25) is 0 Å². The molecule has 0 aliphatic rings. The van der Waals surface area contributed by atoms with E-state index in [4.69, 9.17) is 0 Å². The molecule has 1 aromatic rings. The maximum atomic E-state index is 11.9. The third-order valence-electron chi connectivity index (χ3n) is 2.46. The summed E-state index contributed by atoms with van der Waals surface area (Å²) >= 11 is 0. The molecule has 0 radical (unpaired) electrons. The SMILES string of the molecule is CC(NCCC(F)(F)F)c1ccc([N+](=O)[O-])cc1. The predicted molar refractivity (Wildman–Crippen MR) is 60.2 cm³/mol. The molecule has 0 heterocycles. The maximum absolute atomic E-state index is 11.9. The summed E-state index contributed by atoms with van der Waals surface area (Å²) in [5, 5.41) is 13.1. The Hall–Kier alpha value is -1.63. The zero-order chi connectivity index (χ0) is 13.8. The van der Waals surface area contributed by atoms with E-state index in [1.807, 2.05) is 0 Å². The van der Waals surface area contributed by atoms with E-state index in [-0.39, 0.29) is 18.3 Å². The summed E-state index contributed by atoms with van der Waals surface area (Å²) in [7, 11) is 0. The molecule has 100 valence electrons. The zero-order valence-corrected chi connectivity index (χ0v) is 9.70. The average Bonchev–Trinajstić information content (AvgIpc) is 2.27. The standard InChI is InChI=1S/C11H13F3N2O2/c1-8(15-7-6-11(12,13)14)9-2-4-10(5-3-9)16(17)18/h2-5,8,15H,6-7H2,1H3. The van der Waals surface area contributed by atoms with Crippen molar-refractivity contribution >= 4 is 5.69 Å². The molecule has 0 aliphatic carbocycles. The van der Waals surface area contributed by atoms with Crippen molar-refractivity contribution in [1.29, 1.82) is 0 Å². The molecule has 1 atom stereocenters. The Bertz CT molecular complexity index is 404. The van der Waals surface area contributed by atoms with E-state index in [1.54, 1.807) is 6.92 Å². The number of alkyl halides is 3. The Balaban J connectivity index is 2.51. The first-order chi connectivity index (χ1) is 8.29. The first kappa shape index (κ1) is 14.4. The molecule has 0 fully saturated rings. The predicted octanol–water partition coefficient (Wildman–Crippen LogP) is 3.20. The van der Waals surface area contributed by atoms with Gasteiger partial charge in [-0.15, -0.1) is 0 Å². The molecule has 0 bridgehead atoms. The molecule has 0 saturated carbocycles. The molecule has 0 amide bonds. The van der Waals surface area contributed by atoms with Gasteiger partial charge in [-0.1, -0.05) is 12.1 Å². The summed E-state index contributed by atoms with van der Waals surface area (Å²) in [6.07, 6.45) is -5.08. The molecule has 0 saturated heterocycles. The molecule has 0 aromatic heterocycles. The molecule has 1 N–H and O–H groups in total. The summed E-state index contributed by atoms with van der Waals surface area (Å²) in [5.74, 6) is 0. The Morgan fingerprint density at radius 2 is 1.89 bits per heavy atom. The van der Waals surface area contributed by atoms with Crippen LogP contribution >= 0.6 is 0 Å². The van der Waals surface area contributed by atoms with Crippen molar-refractivity contribution in [3.63, 3.8) is 0 Å². The smallest absolute Gasteiger partial charge is 0.310 e. The lowest BCUT2D eigenvalue weighted by atomic mass is 10.1. The van der Waals surface area contributed by atoms with Gasteiger partial charge >= 0.3 is 6.18 Å². The van der Waals surface area contributed by atoms with Crippen molar-refractivity contribution in [2.24, 2.45) is 0 Å². The molecule has 1 aromatic carbocycles. The van der Waals surface area contributed by atoms with Gasteiger partial charge in [-0.05, 0) is 12.5 Å². The van der Waals surface area contributed by atoms with E-state index >= 15 is 0 Å². The van der Waals surface area contributed by atoms with Crippen LogP contribution in [0.3, 0.4) is 0 Å². The van der Waals surface area contributed by atoms with E-state index < -0.39 is 17.5 Å². The Labute approximate surface area is 102 Å². The second kappa shape index (κ2) is 5.81. The van der Waals surface area contributed by atoms with Gasteiger partial charge in [0.1, 0.15) is 0 Å². The normalized spacial score (nSPS) is 13.3. The van der Waals surface area contributed by atoms with Crippen LogP contribution in [0.4, 0.5) is 18.9 Å². The van der Waals surface area contributed by atoms with E-state index in [0.717, 1.165) is 0 Å². The number of nitrogens with one attached hydrogen (secondary N) is 1. The summed E-state index contributed by atoms with van der Waals surface area (Å²) in [6.45, 7) is 1.53. The molecular weight excluding hydrogens is 249 g/mol. The molecule has 0 spiro atoms. The second-order valence-electron chi connectivity index (χ2n) is 3.89. The lowest BCUT2D eigenvalue weighted by Crippen LogP contribution is -2.24. The van der Waals surface area contributed by atoms with Crippen molar-refractivity contribution in [2.45, 2.75) is 25.6 Å². The summed E-state index contributed by atoms with van der Waals surface area (Å²) in [5.41, 5.74) is 0.670. The van der Waals surface area contributed by atoms with Crippen LogP contribution in [0.5, 0.6) is 0 Å². The largest absolute Gasteiger partial charge is 0.390 e. The minimum absolute atomic E-state index is 0.0405. The molecule has 0 aliphatic heterocycles. The van der Waals surface area contributed by atoms with Crippen LogP contribution in [0.1, 0.15) is 24.9 Å². The third-order valence-corrected chi connectivity index (χ3v) is 2.46. The summed E-state index contributed by atoms with van der Waals surface area (Å²) in [4.78, 5) is 9.91. The van der Waals surface area contributed by atoms with E-state index in [9.17, 15) is 23.3 Å². The third kappa shape index (κ3) is 4.70. The van der Waals surface area contributed by atoms with Crippen molar-refractivity contribution in [1.82, 2.24) is 5.32 Å². The lowest BCUT2D eigenvalue weighted by molar-refractivity contribution is -0.384. The first-order valence-electron chi connectivity index (χ1n) is 5.34. The second-order valence-corrected chi connectivity index (χ2v) is 3.89. The summed E-state index contributed by atoms with van der Waals surface area (Å²) < 4.78 is 35.8. The quantitative estimate of drug-likeness (QED) is 0.654. The van der Waals surface area contributed by atoms with Crippen LogP contribution < -0.4 is 5.32 Å². The monoisotopic (exact) mass is 262 g/mol. The maximum Gasteiger partial charge on any atom is 0.390 e. The van der Waals surface area contributed by atoms with Crippen molar-refractivity contribution in [3.8, 4) is 0 Å². The molecule has 18 heavy (non-hydrogen) atoms. The fourth-order valence-electron chi connectivity index (χ4n) is 1.43. The topological polar surface area (TPSA) is 55.2 Å². The van der Waals surface area contributed by atoms with Gasteiger partial charge in [0.05, 0.1) is 11.3 Å². The average molecular weight is 262 g/mol. The number of benzene rings is 1. The molecule has 1 unspecified atom stereocenters. The number of non-ortho nitro benzene ring substituents is 1. The van der Waals surface area contributed by atoms with Gasteiger partial charge in [0, 0.05) is 24.7 Å². The van der Waals surface area contributed by atoms with Crippen molar-refractivity contribution < 1.29 is 18.1 Å². The number of nitro groups is 1. The number of halogens is 3. The minimum Gasteiger partial charge on any atom is -0.310 e. The van der Waals surface area contributed by atoms with Gasteiger partial charge in [-0.3, -0.25) is 10.1 Å². The highest BCUT2D eigenvalue weighted by Gasteiger charge is 2.26.